The topological polar surface area (TPSA) is 67.4 Å². The van der Waals surface area contributed by atoms with Crippen LogP contribution in [-0.2, 0) is 4.74 Å². The second-order valence-electron chi connectivity index (χ2n) is 7.35. The molecule has 1 saturated heterocycles. The van der Waals surface area contributed by atoms with Crippen molar-refractivity contribution >= 4 is 47.0 Å². The number of nitrogens with zero attached hydrogens (tertiary/aromatic N) is 2. The van der Waals surface area contributed by atoms with Gasteiger partial charge in [0.2, 0.25) is 0 Å². The molecular weight excluding hydrogens is 539 g/mol. The monoisotopic (exact) mass is 574 g/mol. The standard InChI is InChI=1S/C23H34N4O3S.HI/c1-5-24-23(26-18-9-10-20(28-4)21(14-18)29-6-2)25-15-19(22-8-7-13-31-22)27-11-12-30-17(3)16-27;/h7-10,13-14,17,19H,5-6,11-12,15-16H2,1-4H3,(H2,24,25,26);1H. The summed E-state index contributed by atoms with van der Waals surface area (Å²) in [6, 6.07) is 10.3. The molecule has 0 aliphatic carbocycles. The minimum absolute atomic E-state index is 0. The summed E-state index contributed by atoms with van der Waals surface area (Å²) in [5.41, 5.74) is 0.900. The van der Waals surface area contributed by atoms with E-state index in [1.54, 1.807) is 18.4 Å². The maximum absolute atomic E-state index is 5.75. The number of morpholine rings is 1. The van der Waals surface area contributed by atoms with Crippen molar-refractivity contribution in [2.45, 2.75) is 32.9 Å². The molecule has 2 unspecified atom stereocenters. The number of hydrogen-bond acceptors (Lipinski definition) is 6. The normalized spacial score (nSPS) is 17.9. The number of hydrogen-bond donors (Lipinski definition) is 2. The van der Waals surface area contributed by atoms with Crippen LogP contribution in [0.4, 0.5) is 5.69 Å². The number of nitrogens with one attached hydrogen (secondary N) is 2. The van der Waals surface area contributed by atoms with Crippen LogP contribution >= 0.6 is 35.3 Å². The van der Waals surface area contributed by atoms with Crippen molar-refractivity contribution in [3.8, 4) is 11.5 Å². The van der Waals surface area contributed by atoms with Crippen molar-refractivity contribution in [3.63, 3.8) is 0 Å². The van der Waals surface area contributed by atoms with Gasteiger partial charge in [0.1, 0.15) is 0 Å². The zero-order valence-corrected chi connectivity index (χ0v) is 22.4. The van der Waals surface area contributed by atoms with E-state index in [1.165, 1.54) is 4.88 Å². The van der Waals surface area contributed by atoms with E-state index in [0.717, 1.165) is 37.9 Å². The average molecular weight is 575 g/mol. The molecule has 178 valence electrons. The van der Waals surface area contributed by atoms with Gasteiger partial charge in [0, 0.05) is 36.3 Å². The molecule has 2 aromatic rings. The lowest BCUT2D eigenvalue weighted by Gasteiger charge is -2.36. The summed E-state index contributed by atoms with van der Waals surface area (Å²) in [6.07, 6.45) is 0.239. The summed E-state index contributed by atoms with van der Waals surface area (Å²) in [4.78, 5) is 8.74. The molecule has 1 aromatic heterocycles. The molecule has 1 aromatic carbocycles. The molecule has 9 heteroatoms. The maximum Gasteiger partial charge on any atom is 0.195 e. The van der Waals surface area contributed by atoms with Crippen LogP contribution < -0.4 is 20.1 Å². The van der Waals surface area contributed by atoms with Crippen LogP contribution in [0.3, 0.4) is 0 Å². The van der Waals surface area contributed by atoms with E-state index in [9.17, 15) is 0 Å². The van der Waals surface area contributed by atoms with Gasteiger partial charge >= 0.3 is 0 Å². The van der Waals surface area contributed by atoms with Gasteiger partial charge in [-0.15, -0.1) is 35.3 Å². The fourth-order valence-electron chi connectivity index (χ4n) is 3.64. The van der Waals surface area contributed by atoms with Gasteiger partial charge in [-0.3, -0.25) is 9.89 Å². The lowest BCUT2D eigenvalue weighted by atomic mass is 10.1. The highest BCUT2D eigenvalue weighted by molar-refractivity contribution is 14.0. The Kier molecular flexibility index (Phi) is 11.6. The van der Waals surface area contributed by atoms with Gasteiger partial charge in [-0.1, -0.05) is 6.07 Å². The molecule has 1 aliphatic rings. The zero-order chi connectivity index (χ0) is 22.1. The highest BCUT2D eigenvalue weighted by atomic mass is 127. The van der Waals surface area contributed by atoms with E-state index in [2.05, 4.69) is 46.9 Å². The Labute approximate surface area is 212 Å². The Morgan fingerprint density at radius 2 is 2.16 bits per heavy atom. The highest BCUT2D eigenvalue weighted by Crippen LogP contribution is 2.30. The van der Waals surface area contributed by atoms with E-state index in [0.29, 0.717) is 24.7 Å². The van der Waals surface area contributed by atoms with Crippen molar-refractivity contribution in [3.05, 3.63) is 40.6 Å². The number of methoxy groups -OCH3 is 1. The van der Waals surface area contributed by atoms with E-state index in [1.807, 2.05) is 25.1 Å². The smallest absolute Gasteiger partial charge is 0.195 e. The first-order valence-electron chi connectivity index (χ1n) is 10.9. The third-order valence-electron chi connectivity index (χ3n) is 5.08. The van der Waals surface area contributed by atoms with Crippen LogP contribution in [0.15, 0.2) is 40.7 Å². The fraction of sp³-hybridized carbons (Fsp3) is 0.522. The molecule has 0 bridgehead atoms. The number of anilines is 1. The van der Waals surface area contributed by atoms with Gasteiger partial charge in [0.25, 0.3) is 0 Å². The van der Waals surface area contributed by atoms with Crippen LogP contribution in [0.5, 0.6) is 11.5 Å². The van der Waals surface area contributed by atoms with Crippen LogP contribution in [-0.4, -0.2) is 63.5 Å². The van der Waals surface area contributed by atoms with E-state index < -0.39 is 0 Å². The molecule has 2 heterocycles. The van der Waals surface area contributed by atoms with Crippen LogP contribution in [0.1, 0.15) is 31.7 Å². The number of ether oxygens (including phenoxy) is 3. The zero-order valence-electron chi connectivity index (χ0n) is 19.3. The van der Waals surface area contributed by atoms with E-state index in [-0.39, 0.29) is 36.1 Å². The van der Waals surface area contributed by atoms with Gasteiger partial charge < -0.3 is 24.8 Å². The van der Waals surface area contributed by atoms with Crippen molar-refractivity contribution in [2.24, 2.45) is 4.99 Å². The lowest BCUT2D eigenvalue weighted by molar-refractivity contribution is -0.0327. The number of rotatable bonds is 9. The predicted molar refractivity (Wildman–Crippen MR) is 143 cm³/mol. The van der Waals surface area contributed by atoms with Gasteiger partial charge in [-0.25, -0.2) is 0 Å². The summed E-state index contributed by atoms with van der Waals surface area (Å²) in [6.45, 7) is 10.8. The highest BCUT2D eigenvalue weighted by Gasteiger charge is 2.26. The lowest BCUT2D eigenvalue weighted by Crippen LogP contribution is -2.44. The van der Waals surface area contributed by atoms with Crippen LogP contribution in [0.2, 0.25) is 0 Å². The number of thiophene rings is 1. The first-order valence-corrected chi connectivity index (χ1v) is 11.8. The molecule has 2 N–H and O–H groups in total. The molecule has 0 amide bonds. The molecule has 1 aliphatic heterocycles. The van der Waals surface area contributed by atoms with E-state index in [4.69, 9.17) is 19.2 Å². The number of guanidine groups is 1. The van der Waals surface area contributed by atoms with Crippen molar-refractivity contribution in [2.75, 3.05) is 51.8 Å². The summed E-state index contributed by atoms with van der Waals surface area (Å²) >= 11 is 1.78. The summed E-state index contributed by atoms with van der Waals surface area (Å²) in [5, 5.41) is 8.89. The molecule has 3 rings (SSSR count). The number of halogens is 1. The second-order valence-corrected chi connectivity index (χ2v) is 8.33. The fourth-order valence-corrected chi connectivity index (χ4v) is 4.49. The Morgan fingerprint density at radius 3 is 2.81 bits per heavy atom. The first-order chi connectivity index (χ1) is 15.1. The van der Waals surface area contributed by atoms with E-state index >= 15 is 0 Å². The minimum atomic E-state index is 0. The third kappa shape index (κ3) is 7.50. The van der Waals surface area contributed by atoms with Crippen LogP contribution in [0, 0.1) is 0 Å². The predicted octanol–water partition coefficient (Wildman–Crippen LogP) is 4.61. The van der Waals surface area contributed by atoms with Gasteiger partial charge in [-0.05, 0) is 44.4 Å². The second kappa shape index (κ2) is 13.9. The summed E-state index contributed by atoms with van der Waals surface area (Å²) in [5.74, 6) is 2.18. The molecule has 0 spiro atoms. The van der Waals surface area contributed by atoms with Gasteiger partial charge in [0.05, 0.1) is 39.0 Å². The largest absolute Gasteiger partial charge is 0.493 e. The molecule has 0 saturated carbocycles. The summed E-state index contributed by atoms with van der Waals surface area (Å²) in [7, 11) is 1.65. The third-order valence-corrected chi connectivity index (χ3v) is 6.05. The Morgan fingerprint density at radius 1 is 1.31 bits per heavy atom. The maximum atomic E-state index is 5.75. The average Bonchev–Trinajstić information content (AvgIpc) is 3.29. The summed E-state index contributed by atoms with van der Waals surface area (Å²) < 4.78 is 16.8. The number of aliphatic imine (C=N–C) groups is 1. The molecule has 0 radical (unpaired) electrons. The molecule has 32 heavy (non-hydrogen) atoms. The SMILES string of the molecule is CCNC(=NCC(c1cccs1)N1CCOC(C)C1)Nc1ccc(OC)c(OCC)c1.I. The Bertz CT molecular complexity index is 835. The van der Waals surface area contributed by atoms with Crippen molar-refractivity contribution in [1.82, 2.24) is 10.2 Å². The first kappa shape index (κ1) is 26.7. The van der Waals surface area contributed by atoms with Crippen molar-refractivity contribution in [1.29, 1.82) is 0 Å². The Hall–Kier alpha value is -1.56. The van der Waals surface area contributed by atoms with Crippen molar-refractivity contribution < 1.29 is 14.2 Å². The molecule has 7 nitrogen and oxygen atoms in total. The molecular formula is C23H35IN4O3S. The quantitative estimate of drug-likeness (QED) is 0.259. The molecule has 2 atom stereocenters. The van der Waals surface area contributed by atoms with Crippen LogP contribution in [0.25, 0.3) is 0 Å². The van der Waals surface area contributed by atoms with Gasteiger partial charge in [0.15, 0.2) is 17.5 Å². The number of benzene rings is 1. The minimum Gasteiger partial charge on any atom is -0.493 e. The van der Waals surface area contributed by atoms with Gasteiger partial charge in [-0.2, -0.15) is 0 Å². The molecule has 1 fully saturated rings. The Balaban J connectivity index is 0.00000363.